The second kappa shape index (κ2) is 35.7. The zero-order chi connectivity index (χ0) is 33.1. The summed E-state index contributed by atoms with van der Waals surface area (Å²) in [6.45, 7) is 4.16. The van der Waals surface area contributed by atoms with E-state index in [1.54, 1.807) is 6.08 Å². The average Bonchev–Trinajstić information content (AvgIpc) is 3.04. The normalized spacial score (nSPS) is 14.0. The molecule has 0 saturated carbocycles. The molecule has 3 atom stereocenters. The monoisotopic (exact) mass is 636 g/mol. The van der Waals surface area contributed by atoms with Crippen LogP contribution in [0.1, 0.15) is 200 Å². The van der Waals surface area contributed by atoms with Gasteiger partial charge in [-0.15, -0.1) is 0 Å². The molecule has 3 unspecified atom stereocenters. The fourth-order valence-electron chi connectivity index (χ4n) is 5.91. The first kappa shape index (κ1) is 43.8. The molecule has 4 N–H and O–H groups in total. The molecular formula is C40H77NO4. The van der Waals surface area contributed by atoms with Gasteiger partial charge in [-0.2, -0.15) is 0 Å². The number of hydrogen-bond acceptors (Lipinski definition) is 4. The van der Waals surface area contributed by atoms with E-state index in [0.717, 1.165) is 38.5 Å². The molecule has 5 heteroatoms. The first-order valence-electron chi connectivity index (χ1n) is 19.7. The van der Waals surface area contributed by atoms with E-state index in [2.05, 4.69) is 31.3 Å². The van der Waals surface area contributed by atoms with Crippen molar-refractivity contribution in [3.8, 4) is 0 Å². The molecule has 1 amide bonds. The maximum absolute atomic E-state index is 12.4. The summed E-state index contributed by atoms with van der Waals surface area (Å²) in [5.41, 5.74) is 0. The summed E-state index contributed by atoms with van der Waals surface area (Å²) < 4.78 is 0. The van der Waals surface area contributed by atoms with Gasteiger partial charge in [-0.05, 0) is 32.1 Å². The third kappa shape index (κ3) is 31.2. The molecule has 0 aromatic rings. The van der Waals surface area contributed by atoms with Gasteiger partial charge in [0.05, 0.1) is 18.8 Å². The summed E-state index contributed by atoms with van der Waals surface area (Å²) >= 11 is 0. The van der Waals surface area contributed by atoms with Crippen molar-refractivity contribution in [2.24, 2.45) is 0 Å². The van der Waals surface area contributed by atoms with E-state index in [0.29, 0.717) is 6.42 Å². The summed E-state index contributed by atoms with van der Waals surface area (Å²) in [7, 11) is 0. The lowest BCUT2D eigenvalue weighted by Crippen LogP contribution is -2.48. The maximum atomic E-state index is 12.4. The topological polar surface area (TPSA) is 89.8 Å². The molecule has 0 spiro atoms. The van der Waals surface area contributed by atoms with Crippen LogP contribution in [0.4, 0.5) is 0 Å². The van der Waals surface area contributed by atoms with Crippen molar-refractivity contribution >= 4 is 5.91 Å². The Bertz CT molecular complexity index is 665. The molecule has 45 heavy (non-hydrogen) atoms. The van der Waals surface area contributed by atoms with E-state index >= 15 is 0 Å². The van der Waals surface area contributed by atoms with Gasteiger partial charge in [-0.25, -0.2) is 0 Å². The highest BCUT2D eigenvalue weighted by Crippen LogP contribution is 2.15. The molecule has 0 fully saturated rings. The number of nitrogens with one attached hydrogen (secondary N) is 1. The lowest BCUT2D eigenvalue weighted by Gasteiger charge is -2.21. The molecule has 0 aliphatic carbocycles. The minimum atomic E-state index is -1.10. The summed E-state index contributed by atoms with van der Waals surface area (Å²) in [5, 5.41) is 33.0. The number of hydrogen-bond donors (Lipinski definition) is 4. The van der Waals surface area contributed by atoms with Gasteiger partial charge in [0.25, 0.3) is 0 Å². The molecule has 266 valence electrons. The van der Waals surface area contributed by atoms with Crippen LogP contribution in [0, 0.1) is 0 Å². The van der Waals surface area contributed by atoms with Gasteiger partial charge < -0.3 is 20.6 Å². The lowest BCUT2D eigenvalue weighted by molar-refractivity contribution is -0.131. The molecule has 0 aromatic heterocycles. The average molecular weight is 636 g/mol. The predicted octanol–water partition coefficient (Wildman–Crippen LogP) is 10.7. The van der Waals surface area contributed by atoms with Gasteiger partial charge in [0, 0.05) is 0 Å². The van der Waals surface area contributed by atoms with E-state index in [1.165, 1.54) is 141 Å². The number of carbonyl (C=O) groups excluding carboxylic acids is 1. The van der Waals surface area contributed by atoms with Crippen molar-refractivity contribution in [2.45, 2.75) is 218 Å². The van der Waals surface area contributed by atoms with E-state index in [4.69, 9.17) is 0 Å². The van der Waals surface area contributed by atoms with Crippen LogP contribution in [0.15, 0.2) is 24.3 Å². The molecule has 0 bridgehead atoms. The Hall–Kier alpha value is -1.17. The van der Waals surface area contributed by atoms with Crippen LogP contribution in [0.3, 0.4) is 0 Å². The Morgan fingerprint density at radius 2 is 0.911 bits per heavy atom. The van der Waals surface area contributed by atoms with Crippen molar-refractivity contribution < 1.29 is 20.1 Å². The van der Waals surface area contributed by atoms with Crippen molar-refractivity contribution in [1.82, 2.24) is 5.32 Å². The Labute approximate surface area is 280 Å². The zero-order valence-corrected chi connectivity index (χ0v) is 30.0. The number of carbonyl (C=O) groups is 1. The van der Waals surface area contributed by atoms with Gasteiger partial charge in [0.1, 0.15) is 6.10 Å². The van der Waals surface area contributed by atoms with Gasteiger partial charge in [0.15, 0.2) is 0 Å². The number of aliphatic hydroxyl groups excluding tert-OH is 3. The standard InChI is InChI=1S/C40H77NO4/c1-3-5-7-9-11-13-15-17-19-20-21-23-25-27-29-31-33-35-39(44)40(45)41-37(36-42)38(43)34-32-30-28-26-24-22-18-16-14-12-10-8-6-4-2/h24,26,32,34,37-39,42-44H,3-23,25,27-31,33,35-36H2,1-2H3,(H,41,45)/b26-24+,34-32+. The minimum Gasteiger partial charge on any atom is -0.394 e. The first-order chi connectivity index (χ1) is 22.1. The van der Waals surface area contributed by atoms with Crippen LogP contribution in [0.25, 0.3) is 0 Å². The summed E-state index contributed by atoms with van der Waals surface area (Å²) in [6, 6.07) is -0.809. The fraction of sp³-hybridized carbons (Fsp3) is 0.875. The number of allylic oxidation sites excluding steroid dienone is 3. The highest BCUT2D eigenvalue weighted by atomic mass is 16.3. The van der Waals surface area contributed by atoms with Gasteiger partial charge in [-0.3, -0.25) is 4.79 Å². The summed E-state index contributed by atoms with van der Waals surface area (Å²) in [4.78, 5) is 12.4. The Balaban J connectivity index is 3.73. The van der Waals surface area contributed by atoms with Crippen LogP contribution in [-0.4, -0.2) is 46.1 Å². The van der Waals surface area contributed by atoms with Crippen molar-refractivity contribution in [3.63, 3.8) is 0 Å². The summed E-state index contributed by atoms with van der Waals surface area (Å²) in [6.07, 6.45) is 42.0. The van der Waals surface area contributed by atoms with E-state index in [-0.39, 0.29) is 6.61 Å². The Kier molecular flexibility index (Phi) is 34.8. The molecule has 0 radical (unpaired) electrons. The maximum Gasteiger partial charge on any atom is 0.249 e. The van der Waals surface area contributed by atoms with Crippen LogP contribution >= 0.6 is 0 Å². The van der Waals surface area contributed by atoms with Crippen LogP contribution < -0.4 is 5.32 Å². The molecule has 0 aliphatic rings. The van der Waals surface area contributed by atoms with Crippen molar-refractivity contribution in [2.75, 3.05) is 6.61 Å². The molecule has 0 saturated heterocycles. The van der Waals surface area contributed by atoms with Gasteiger partial charge in [0.2, 0.25) is 5.91 Å². The molecule has 0 heterocycles. The highest BCUT2D eigenvalue weighted by Gasteiger charge is 2.22. The predicted molar refractivity (Wildman–Crippen MR) is 195 cm³/mol. The molecule has 5 nitrogen and oxygen atoms in total. The second-order valence-corrected chi connectivity index (χ2v) is 13.5. The van der Waals surface area contributed by atoms with Gasteiger partial charge >= 0.3 is 0 Å². The molecule has 0 aliphatic heterocycles. The van der Waals surface area contributed by atoms with Crippen LogP contribution in [0.5, 0.6) is 0 Å². The SMILES string of the molecule is CCCCCCCCCC/C=C/CC/C=C/C(O)C(CO)NC(=O)C(O)CCCCCCCCCCCCCCCCCCC. The zero-order valence-electron chi connectivity index (χ0n) is 30.0. The smallest absolute Gasteiger partial charge is 0.249 e. The van der Waals surface area contributed by atoms with E-state index in [1.807, 2.05) is 6.08 Å². The summed E-state index contributed by atoms with van der Waals surface area (Å²) in [5.74, 6) is -0.512. The fourth-order valence-corrected chi connectivity index (χ4v) is 5.91. The number of amides is 1. The van der Waals surface area contributed by atoms with E-state index < -0.39 is 24.2 Å². The Morgan fingerprint density at radius 3 is 1.36 bits per heavy atom. The van der Waals surface area contributed by atoms with Crippen LogP contribution in [0.2, 0.25) is 0 Å². The number of unbranched alkanes of at least 4 members (excludes halogenated alkanes) is 25. The quantitative estimate of drug-likeness (QED) is 0.0412. The number of aliphatic hydroxyl groups is 3. The molecule has 0 aromatic carbocycles. The second-order valence-electron chi connectivity index (χ2n) is 13.5. The minimum absolute atomic E-state index is 0.373. The molecule has 0 rings (SSSR count). The van der Waals surface area contributed by atoms with Crippen LogP contribution in [-0.2, 0) is 4.79 Å². The van der Waals surface area contributed by atoms with Crippen molar-refractivity contribution in [1.29, 1.82) is 0 Å². The largest absolute Gasteiger partial charge is 0.394 e. The third-order valence-corrected chi connectivity index (χ3v) is 9.04. The first-order valence-corrected chi connectivity index (χ1v) is 19.7. The Morgan fingerprint density at radius 1 is 0.533 bits per heavy atom. The molecular weight excluding hydrogens is 558 g/mol. The lowest BCUT2D eigenvalue weighted by atomic mass is 10.0. The highest BCUT2D eigenvalue weighted by molar-refractivity contribution is 5.80. The van der Waals surface area contributed by atoms with Crippen molar-refractivity contribution in [3.05, 3.63) is 24.3 Å². The number of rotatable bonds is 35. The van der Waals surface area contributed by atoms with E-state index in [9.17, 15) is 20.1 Å². The third-order valence-electron chi connectivity index (χ3n) is 9.04. The van der Waals surface area contributed by atoms with Gasteiger partial charge in [-0.1, -0.05) is 192 Å².